The number of rotatable bonds is 5. The number of likely N-dealkylation sites (N-methyl/N-ethyl adjacent to an activating group) is 1. The van der Waals surface area contributed by atoms with Crippen LogP contribution in [0.1, 0.15) is 41.4 Å². The van der Waals surface area contributed by atoms with E-state index in [-0.39, 0.29) is 29.7 Å². The van der Waals surface area contributed by atoms with Crippen LogP contribution in [0.2, 0.25) is 0 Å². The summed E-state index contributed by atoms with van der Waals surface area (Å²) in [6.45, 7) is 4.79. The van der Waals surface area contributed by atoms with Crippen molar-refractivity contribution in [3.63, 3.8) is 0 Å². The highest BCUT2D eigenvalue weighted by atomic mass is 19.1. The summed E-state index contributed by atoms with van der Waals surface area (Å²) >= 11 is 0. The van der Waals surface area contributed by atoms with Gasteiger partial charge in [0.15, 0.2) is 5.82 Å². The van der Waals surface area contributed by atoms with Crippen molar-refractivity contribution in [1.82, 2.24) is 14.9 Å². The van der Waals surface area contributed by atoms with Crippen molar-refractivity contribution in [2.75, 3.05) is 29.1 Å². The van der Waals surface area contributed by atoms with E-state index in [1.54, 1.807) is 11.0 Å². The molecule has 1 aromatic heterocycles. The molecular formula is C23H25FN6O2. The first kappa shape index (κ1) is 20.4. The van der Waals surface area contributed by atoms with Crippen molar-refractivity contribution >= 4 is 29.3 Å². The van der Waals surface area contributed by atoms with Crippen molar-refractivity contribution in [1.29, 1.82) is 0 Å². The van der Waals surface area contributed by atoms with Gasteiger partial charge in [-0.15, -0.1) is 0 Å². The molecular weight excluding hydrogens is 411 g/mol. The predicted octanol–water partition coefficient (Wildman–Crippen LogP) is 2.86. The highest BCUT2D eigenvalue weighted by Crippen LogP contribution is 2.34. The maximum absolute atomic E-state index is 13.4. The number of benzene rings is 1. The zero-order valence-corrected chi connectivity index (χ0v) is 18.3. The molecule has 0 bridgehead atoms. The molecule has 32 heavy (non-hydrogen) atoms. The van der Waals surface area contributed by atoms with E-state index in [2.05, 4.69) is 26.7 Å². The number of nitrogens with zero attached hydrogens (tertiary/aromatic N) is 4. The molecule has 1 aliphatic carbocycles. The number of hydrogen-bond acceptors (Lipinski definition) is 6. The monoisotopic (exact) mass is 436 g/mol. The molecule has 1 aromatic carbocycles. The minimum atomic E-state index is -0.318. The number of nitrogens with one attached hydrogen (secondary N) is 2. The second kappa shape index (κ2) is 7.58. The number of anilines is 3. The minimum Gasteiger partial charge on any atom is -0.348 e. The molecule has 2 atom stereocenters. The lowest BCUT2D eigenvalue weighted by molar-refractivity contribution is -0.117. The summed E-state index contributed by atoms with van der Waals surface area (Å²) in [7, 11) is 1.88. The van der Waals surface area contributed by atoms with Crippen LogP contribution in [0.25, 0.3) is 0 Å². The van der Waals surface area contributed by atoms with Gasteiger partial charge in [-0.2, -0.15) is 4.98 Å². The van der Waals surface area contributed by atoms with Gasteiger partial charge in [-0.25, -0.2) is 9.37 Å². The maximum atomic E-state index is 13.4. The summed E-state index contributed by atoms with van der Waals surface area (Å²) in [6, 6.07) is 4.14. The van der Waals surface area contributed by atoms with Crippen LogP contribution in [0.4, 0.5) is 21.8 Å². The number of amides is 2. The van der Waals surface area contributed by atoms with E-state index >= 15 is 0 Å². The van der Waals surface area contributed by atoms with E-state index in [9.17, 15) is 14.0 Å². The van der Waals surface area contributed by atoms with Gasteiger partial charge in [-0.1, -0.05) is 18.6 Å². The molecule has 0 spiro atoms. The zero-order chi connectivity index (χ0) is 22.6. The normalized spacial score (nSPS) is 21.6. The molecule has 3 heterocycles. The molecule has 2 N–H and O–H groups in total. The number of hydrogen-bond donors (Lipinski definition) is 2. The number of aromatic nitrogens is 2. The van der Waals surface area contributed by atoms with Crippen LogP contribution in [0.15, 0.2) is 29.8 Å². The lowest BCUT2D eigenvalue weighted by Crippen LogP contribution is -2.46. The van der Waals surface area contributed by atoms with Crippen molar-refractivity contribution in [3.8, 4) is 0 Å². The van der Waals surface area contributed by atoms with Crippen molar-refractivity contribution in [2.45, 2.75) is 45.3 Å². The van der Waals surface area contributed by atoms with Crippen molar-refractivity contribution in [3.05, 3.63) is 52.5 Å². The molecule has 2 amide bonds. The Bertz CT molecular complexity index is 1160. The average Bonchev–Trinajstić information content (AvgIpc) is 3.02. The van der Waals surface area contributed by atoms with Gasteiger partial charge in [0.25, 0.3) is 5.91 Å². The summed E-state index contributed by atoms with van der Waals surface area (Å²) < 4.78 is 13.4. The first-order valence-electron chi connectivity index (χ1n) is 10.8. The highest BCUT2D eigenvalue weighted by molar-refractivity contribution is 6.03. The summed E-state index contributed by atoms with van der Waals surface area (Å²) in [5, 5.41) is 6.26. The summed E-state index contributed by atoms with van der Waals surface area (Å²) in [6.07, 6.45) is 3.54. The van der Waals surface area contributed by atoms with Crippen LogP contribution in [0.5, 0.6) is 0 Å². The first-order chi connectivity index (χ1) is 15.3. The second-order valence-electron chi connectivity index (χ2n) is 8.60. The molecule has 5 rings (SSSR count). The topological polar surface area (TPSA) is 90.5 Å². The van der Waals surface area contributed by atoms with Crippen LogP contribution >= 0.6 is 0 Å². The van der Waals surface area contributed by atoms with Crippen LogP contribution in [-0.4, -0.2) is 52.4 Å². The highest BCUT2D eigenvalue weighted by Gasteiger charge is 2.33. The Morgan fingerprint density at radius 3 is 2.81 bits per heavy atom. The molecule has 0 saturated heterocycles. The third-order valence-corrected chi connectivity index (χ3v) is 6.38. The molecule has 0 unspecified atom stereocenters. The fourth-order valence-electron chi connectivity index (χ4n) is 4.64. The molecule has 8 nitrogen and oxygen atoms in total. The second-order valence-corrected chi connectivity index (χ2v) is 8.60. The number of carbonyl (C=O) groups excluding carboxylic acids is 2. The van der Waals surface area contributed by atoms with Gasteiger partial charge in [-0.05, 0) is 43.5 Å². The Labute approximate surface area is 185 Å². The Morgan fingerprint density at radius 2 is 2.06 bits per heavy atom. The Kier molecular flexibility index (Phi) is 4.83. The van der Waals surface area contributed by atoms with E-state index in [4.69, 9.17) is 0 Å². The van der Waals surface area contributed by atoms with Gasteiger partial charge in [0.2, 0.25) is 11.9 Å². The predicted molar refractivity (Wildman–Crippen MR) is 119 cm³/mol. The van der Waals surface area contributed by atoms with E-state index < -0.39 is 0 Å². The van der Waals surface area contributed by atoms with Crippen molar-refractivity contribution in [2.24, 2.45) is 0 Å². The summed E-state index contributed by atoms with van der Waals surface area (Å²) in [5.74, 6) is 0.813. The summed E-state index contributed by atoms with van der Waals surface area (Å²) in [4.78, 5) is 37.6. The van der Waals surface area contributed by atoms with Crippen LogP contribution < -0.4 is 15.5 Å². The van der Waals surface area contributed by atoms with E-state index in [0.717, 1.165) is 17.6 Å². The molecule has 2 aliphatic heterocycles. The number of halogens is 1. The molecule has 3 aliphatic rings. The number of aryl methyl sites for hydroxylation is 1. The minimum absolute atomic E-state index is 0.0390. The third-order valence-electron chi connectivity index (χ3n) is 6.38. The molecule has 0 fully saturated rings. The zero-order valence-electron chi connectivity index (χ0n) is 18.3. The van der Waals surface area contributed by atoms with Crippen LogP contribution in [0, 0.1) is 12.7 Å². The van der Waals surface area contributed by atoms with Gasteiger partial charge < -0.3 is 20.4 Å². The number of fused-ring (bicyclic) bond motifs is 2. The molecule has 2 aromatic rings. The smallest absolute Gasteiger partial charge is 0.254 e. The Hall–Kier alpha value is -3.49. The maximum Gasteiger partial charge on any atom is 0.254 e. The van der Waals surface area contributed by atoms with Gasteiger partial charge in [-0.3, -0.25) is 9.59 Å². The van der Waals surface area contributed by atoms with Gasteiger partial charge in [0.05, 0.1) is 11.7 Å². The largest absolute Gasteiger partial charge is 0.348 e. The molecule has 166 valence electrons. The quantitative estimate of drug-likeness (QED) is 0.701. The lowest BCUT2D eigenvalue weighted by atomic mass is 9.92. The fourth-order valence-corrected chi connectivity index (χ4v) is 4.64. The summed E-state index contributed by atoms with van der Waals surface area (Å²) in [5.41, 5.74) is 3.84. The van der Waals surface area contributed by atoms with E-state index in [0.29, 0.717) is 48.2 Å². The van der Waals surface area contributed by atoms with Gasteiger partial charge >= 0.3 is 0 Å². The van der Waals surface area contributed by atoms with E-state index in [1.165, 1.54) is 12.1 Å². The molecule has 0 saturated carbocycles. The van der Waals surface area contributed by atoms with Crippen molar-refractivity contribution < 1.29 is 14.0 Å². The molecule has 9 heteroatoms. The first-order valence-corrected chi connectivity index (χ1v) is 10.8. The van der Waals surface area contributed by atoms with Crippen LogP contribution in [0.3, 0.4) is 0 Å². The third kappa shape index (κ3) is 3.37. The number of carbonyl (C=O) groups is 2. The Balaban J connectivity index is 1.25. The fraction of sp³-hybridized carbons (Fsp3) is 0.391. The average molecular weight is 436 g/mol. The molecule has 0 radical (unpaired) electrons. The van der Waals surface area contributed by atoms with Gasteiger partial charge in [0.1, 0.15) is 17.5 Å². The standard InChI is InChI=1S/C23H25FN6O2/c1-4-18-21(31)27-19-12(2)25-23(28-20(19)29(18)3)26-16-7-13(8-16)10-30-11-14-9-15(24)5-6-17(14)22(30)32/h5-7,9,16,18H,4,8,10-11H2,1-3H3,(H,27,31)(H,25,26,28)/t16-,18+/m1/s1. The van der Waals surface area contributed by atoms with E-state index in [1.807, 2.05) is 25.8 Å². The van der Waals surface area contributed by atoms with Gasteiger partial charge in [0, 0.05) is 25.7 Å². The van der Waals surface area contributed by atoms with Crippen LogP contribution in [-0.2, 0) is 11.3 Å². The Morgan fingerprint density at radius 1 is 1.28 bits per heavy atom. The lowest BCUT2D eigenvalue weighted by Gasteiger charge is -2.35. The SMILES string of the molecule is CC[C@H]1C(=O)Nc2c(C)nc(N[C@@H]3C=C(CN4Cc5cc(F)ccc5C4=O)C3)nc2N1C.